The summed E-state index contributed by atoms with van der Waals surface area (Å²) in [5, 5.41) is 0. The van der Waals surface area contributed by atoms with Gasteiger partial charge in [0.1, 0.15) is 0 Å². The highest BCUT2D eigenvalue weighted by atomic mass is 16.2. The zero-order chi connectivity index (χ0) is 19.7. The zero-order valence-electron chi connectivity index (χ0n) is 17.5. The van der Waals surface area contributed by atoms with E-state index in [0.717, 1.165) is 13.1 Å². The minimum absolute atomic E-state index is 0.0000478. The van der Waals surface area contributed by atoms with E-state index in [0.29, 0.717) is 0 Å². The molecule has 0 N–H and O–H groups in total. The molecule has 4 nitrogen and oxygen atoms in total. The predicted octanol–water partition coefficient (Wildman–Crippen LogP) is 4.38. The average Bonchev–Trinajstić information content (AvgIpc) is 2.79. The van der Waals surface area contributed by atoms with E-state index in [9.17, 15) is 4.79 Å². The van der Waals surface area contributed by atoms with Crippen molar-refractivity contribution in [2.45, 2.75) is 71.2 Å². The molecule has 26 heavy (non-hydrogen) atoms. The molecule has 0 aliphatic carbocycles. The van der Waals surface area contributed by atoms with Crippen molar-refractivity contribution in [3.63, 3.8) is 0 Å². The van der Waals surface area contributed by atoms with Crippen LogP contribution in [0.5, 0.6) is 0 Å². The van der Waals surface area contributed by atoms with Gasteiger partial charge in [0.2, 0.25) is 0 Å². The van der Waals surface area contributed by atoms with E-state index in [1.54, 1.807) is 0 Å². The Morgan fingerprint density at radius 1 is 1.04 bits per heavy atom. The van der Waals surface area contributed by atoms with Gasteiger partial charge >= 0.3 is 6.03 Å². The van der Waals surface area contributed by atoms with E-state index in [4.69, 9.17) is 0 Å². The number of hydrogen-bond acceptors (Lipinski definition) is 2. The third-order valence-corrected chi connectivity index (χ3v) is 4.92. The number of nitrogens with zero attached hydrogens (tertiary/aromatic N) is 3. The van der Waals surface area contributed by atoms with Gasteiger partial charge < -0.3 is 9.80 Å². The highest BCUT2D eigenvalue weighted by molar-refractivity contribution is 5.80. The Kier molecular flexibility index (Phi) is 5.86. The van der Waals surface area contributed by atoms with Crippen molar-refractivity contribution in [2.75, 3.05) is 13.6 Å². The van der Waals surface area contributed by atoms with Gasteiger partial charge in [0, 0.05) is 24.2 Å². The third-order valence-electron chi connectivity index (χ3n) is 4.92. The lowest BCUT2D eigenvalue weighted by molar-refractivity contribution is 0.113. The standard InChI is InChI=1S/C22H35N3O/c1-9-18-19(16-23(8)15-17-13-11-10-12-14-17)25(22(5,6)7)20(26)24(18)21(2,3)4/h9-14,18-19H,1,15-16H2,2-8H3/t18-,19-/m1/s1. The van der Waals surface area contributed by atoms with E-state index in [-0.39, 0.29) is 29.2 Å². The minimum atomic E-state index is -0.244. The molecular formula is C22H35N3O. The van der Waals surface area contributed by atoms with E-state index in [1.165, 1.54) is 5.56 Å². The first-order valence-electron chi connectivity index (χ1n) is 9.44. The van der Waals surface area contributed by atoms with Crippen molar-refractivity contribution >= 4 is 6.03 Å². The number of rotatable bonds is 5. The first kappa shape index (κ1) is 20.5. The Bertz CT molecular complexity index is 627. The zero-order valence-corrected chi connectivity index (χ0v) is 17.5. The van der Waals surface area contributed by atoms with Crippen molar-refractivity contribution in [1.82, 2.24) is 14.7 Å². The second-order valence-electron chi connectivity index (χ2n) is 9.34. The summed E-state index contributed by atoms with van der Waals surface area (Å²) in [7, 11) is 2.12. The van der Waals surface area contributed by atoms with Gasteiger partial charge in [-0.1, -0.05) is 36.4 Å². The number of likely N-dealkylation sites (N-methyl/N-ethyl adjacent to an activating group) is 1. The van der Waals surface area contributed by atoms with Crippen LogP contribution in [0.25, 0.3) is 0 Å². The normalized spacial score (nSPS) is 21.6. The van der Waals surface area contributed by atoms with Crippen molar-refractivity contribution in [1.29, 1.82) is 0 Å². The fourth-order valence-electron chi connectivity index (χ4n) is 3.96. The number of benzene rings is 1. The van der Waals surface area contributed by atoms with Crippen LogP contribution in [0.1, 0.15) is 47.1 Å². The molecule has 1 aliphatic heterocycles. The maximum Gasteiger partial charge on any atom is 0.321 e. The van der Waals surface area contributed by atoms with Crippen LogP contribution in [0.15, 0.2) is 43.0 Å². The van der Waals surface area contributed by atoms with Crippen LogP contribution in [0.4, 0.5) is 4.79 Å². The topological polar surface area (TPSA) is 26.8 Å². The Hall–Kier alpha value is -1.81. The number of urea groups is 1. The summed E-state index contributed by atoms with van der Waals surface area (Å²) in [6.45, 7) is 18.4. The number of carbonyl (C=O) groups excluding carboxylic acids is 1. The van der Waals surface area contributed by atoms with Gasteiger partial charge in [0.05, 0.1) is 12.1 Å². The first-order chi connectivity index (χ1) is 12.0. The van der Waals surface area contributed by atoms with Crippen LogP contribution < -0.4 is 0 Å². The second-order valence-corrected chi connectivity index (χ2v) is 9.34. The molecule has 144 valence electrons. The lowest BCUT2D eigenvalue weighted by Gasteiger charge is -2.38. The molecular weight excluding hydrogens is 322 g/mol. The molecule has 0 aromatic heterocycles. The summed E-state index contributed by atoms with van der Waals surface area (Å²) < 4.78 is 0. The molecule has 1 fully saturated rings. The molecule has 2 rings (SSSR count). The largest absolute Gasteiger partial charge is 0.321 e. The van der Waals surface area contributed by atoms with E-state index in [2.05, 4.69) is 84.3 Å². The number of hydrogen-bond donors (Lipinski definition) is 0. The molecule has 2 atom stereocenters. The lowest BCUT2D eigenvalue weighted by atomic mass is 9.98. The summed E-state index contributed by atoms with van der Waals surface area (Å²) >= 11 is 0. The van der Waals surface area contributed by atoms with Gasteiger partial charge in [-0.2, -0.15) is 0 Å². The van der Waals surface area contributed by atoms with Crippen molar-refractivity contribution in [2.24, 2.45) is 0 Å². The van der Waals surface area contributed by atoms with Crippen LogP contribution in [0, 0.1) is 0 Å². The summed E-state index contributed by atoms with van der Waals surface area (Å²) in [5.41, 5.74) is 0.799. The third kappa shape index (κ3) is 4.29. The van der Waals surface area contributed by atoms with E-state index >= 15 is 0 Å². The van der Waals surface area contributed by atoms with Gasteiger partial charge in [-0.15, -0.1) is 6.58 Å². The number of carbonyl (C=O) groups is 1. The van der Waals surface area contributed by atoms with Gasteiger partial charge in [0.15, 0.2) is 0 Å². The molecule has 0 saturated carbocycles. The Labute approximate surface area is 159 Å². The molecule has 0 unspecified atom stereocenters. The average molecular weight is 358 g/mol. The van der Waals surface area contributed by atoms with Crippen molar-refractivity contribution in [3.05, 3.63) is 48.6 Å². The Morgan fingerprint density at radius 3 is 2.04 bits per heavy atom. The Balaban J connectivity index is 2.29. The van der Waals surface area contributed by atoms with Crippen LogP contribution >= 0.6 is 0 Å². The van der Waals surface area contributed by atoms with Gasteiger partial charge in [-0.05, 0) is 54.2 Å². The second kappa shape index (κ2) is 7.43. The molecule has 1 aliphatic rings. The maximum absolute atomic E-state index is 13.3. The fraction of sp³-hybridized carbons (Fsp3) is 0.591. The van der Waals surface area contributed by atoms with E-state index in [1.807, 2.05) is 21.9 Å². The fourth-order valence-corrected chi connectivity index (χ4v) is 3.96. The molecule has 1 saturated heterocycles. The van der Waals surface area contributed by atoms with Crippen LogP contribution in [-0.2, 0) is 6.54 Å². The molecule has 1 aromatic carbocycles. The molecule has 1 aromatic rings. The minimum Gasteiger partial charge on any atom is -0.313 e. The Morgan fingerprint density at radius 2 is 1.58 bits per heavy atom. The van der Waals surface area contributed by atoms with Crippen LogP contribution in [-0.4, -0.2) is 57.5 Å². The smallest absolute Gasteiger partial charge is 0.313 e. The molecule has 0 spiro atoms. The summed E-state index contributed by atoms with van der Waals surface area (Å²) in [5.74, 6) is 0. The summed E-state index contributed by atoms with van der Waals surface area (Å²) in [4.78, 5) is 19.6. The predicted molar refractivity (Wildman–Crippen MR) is 109 cm³/mol. The van der Waals surface area contributed by atoms with Gasteiger partial charge in [-0.3, -0.25) is 4.90 Å². The molecule has 0 bridgehead atoms. The molecule has 1 heterocycles. The van der Waals surface area contributed by atoms with Crippen molar-refractivity contribution < 1.29 is 4.79 Å². The quantitative estimate of drug-likeness (QED) is 0.731. The van der Waals surface area contributed by atoms with Crippen LogP contribution in [0.2, 0.25) is 0 Å². The van der Waals surface area contributed by atoms with Crippen LogP contribution in [0.3, 0.4) is 0 Å². The molecule has 4 heteroatoms. The number of amides is 2. The van der Waals surface area contributed by atoms with E-state index < -0.39 is 0 Å². The summed E-state index contributed by atoms with van der Waals surface area (Å²) in [6.07, 6.45) is 1.94. The van der Waals surface area contributed by atoms with Crippen molar-refractivity contribution in [3.8, 4) is 0 Å². The molecule has 2 amide bonds. The molecule has 0 radical (unpaired) electrons. The SMILES string of the molecule is C=C[C@@H]1[C@@H](CN(C)Cc2ccccc2)N(C(C)(C)C)C(=O)N1C(C)(C)C. The highest BCUT2D eigenvalue weighted by Crippen LogP contribution is 2.36. The first-order valence-corrected chi connectivity index (χ1v) is 9.44. The lowest BCUT2D eigenvalue weighted by Crippen LogP contribution is -2.52. The highest BCUT2D eigenvalue weighted by Gasteiger charge is 2.51. The summed E-state index contributed by atoms with van der Waals surface area (Å²) in [6, 6.07) is 10.6. The van der Waals surface area contributed by atoms with Gasteiger partial charge in [0.25, 0.3) is 0 Å². The maximum atomic E-state index is 13.3. The van der Waals surface area contributed by atoms with Gasteiger partial charge in [-0.25, -0.2) is 4.79 Å². The monoisotopic (exact) mass is 357 g/mol.